The van der Waals surface area contributed by atoms with Crippen LogP contribution in [0.25, 0.3) is 10.9 Å². The molecular weight excluding hydrogens is 386 g/mol. The number of morpholine rings is 1. The van der Waals surface area contributed by atoms with Crippen molar-refractivity contribution < 1.29 is 28.7 Å². The molecule has 164 valence electrons. The molecule has 3 rings (SSSR count). The minimum absolute atomic E-state index is 0.113. The first-order valence-corrected chi connectivity index (χ1v) is 10.4. The number of rotatable bonds is 6. The van der Waals surface area contributed by atoms with Crippen LogP contribution < -0.4 is 15.0 Å². The summed E-state index contributed by atoms with van der Waals surface area (Å²) in [5.74, 6) is -0.0371. The predicted molar refractivity (Wildman–Crippen MR) is 114 cm³/mol. The number of carbonyl (C=O) groups is 2. The molecular formula is C22H32N3O5+. The fourth-order valence-electron chi connectivity index (χ4n) is 4.33. The van der Waals surface area contributed by atoms with Crippen molar-refractivity contribution in [2.24, 2.45) is 7.05 Å². The van der Waals surface area contributed by atoms with E-state index in [0.717, 1.165) is 24.3 Å². The molecule has 8 nitrogen and oxygen atoms in total. The molecule has 0 bridgehead atoms. The smallest absolute Gasteiger partial charge is 0.340 e. The standard InChI is InChI=1S/C22H31N3O5/c1-7-29-22(27)19-15(4)24(5)16-8-9-17(28-6)21(20(16)19)23-18(26)12-25-10-13(2)30-14(3)11-25/h8-9,13-14H,7,10-12H2,1-6H3,(H,23,26)/p+1/t13-,14+. The molecule has 2 aromatic rings. The first kappa shape index (κ1) is 22.1. The van der Waals surface area contributed by atoms with Crippen LogP contribution in [0.15, 0.2) is 12.1 Å². The number of benzene rings is 1. The number of esters is 1. The monoisotopic (exact) mass is 418 g/mol. The van der Waals surface area contributed by atoms with Crippen LogP contribution in [0.5, 0.6) is 5.75 Å². The van der Waals surface area contributed by atoms with Gasteiger partial charge in [-0.15, -0.1) is 0 Å². The van der Waals surface area contributed by atoms with E-state index < -0.39 is 5.97 Å². The molecule has 2 heterocycles. The van der Waals surface area contributed by atoms with Crippen molar-refractivity contribution in [2.75, 3.05) is 38.7 Å². The summed E-state index contributed by atoms with van der Waals surface area (Å²) in [6.07, 6.45) is 0.225. The molecule has 1 amide bonds. The van der Waals surface area contributed by atoms with E-state index in [1.54, 1.807) is 20.1 Å². The number of carbonyl (C=O) groups excluding carboxylic acids is 2. The van der Waals surface area contributed by atoms with Crippen molar-refractivity contribution in [3.63, 3.8) is 0 Å². The fraction of sp³-hybridized carbons (Fsp3) is 0.545. The van der Waals surface area contributed by atoms with Crippen LogP contribution in [-0.2, 0) is 21.3 Å². The lowest BCUT2D eigenvalue weighted by Gasteiger charge is -2.32. The summed E-state index contributed by atoms with van der Waals surface area (Å²) in [6.45, 7) is 9.83. The Kier molecular flexibility index (Phi) is 6.67. The third-order valence-corrected chi connectivity index (χ3v) is 5.61. The van der Waals surface area contributed by atoms with Gasteiger partial charge in [0.1, 0.15) is 31.0 Å². The number of fused-ring (bicyclic) bond motifs is 1. The Balaban J connectivity index is 1.98. The lowest BCUT2D eigenvalue weighted by atomic mass is 10.1. The Labute approximate surface area is 177 Å². The number of nitrogens with zero attached hydrogens (tertiary/aromatic N) is 1. The van der Waals surface area contributed by atoms with Crippen LogP contribution >= 0.6 is 0 Å². The van der Waals surface area contributed by atoms with Crippen LogP contribution in [0.4, 0.5) is 5.69 Å². The van der Waals surface area contributed by atoms with Crippen LogP contribution in [0.3, 0.4) is 0 Å². The number of quaternary nitrogens is 1. The van der Waals surface area contributed by atoms with E-state index in [4.69, 9.17) is 14.2 Å². The Morgan fingerprint density at radius 1 is 1.27 bits per heavy atom. The summed E-state index contributed by atoms with van der Waals surface area (Å²) in [5.41, 5.74) is 2.55. The molecule has 0 aliphatic carbocycles. The highest BCUT2D eigenvalue weighted by Gasteiger charge is 2.29. The molecule has 1 aromatic heterocycles. The summed E-state index contributed by atoms with van der Waals surface area (Å²) in [6, 6.07) is 3.69. The molecule has 30 heavy (non-hydrogen) atoms. The van der Waals surface area contributed by atoms with Gasteiger partial charge >= 0.3 is 5.97 Å². The highest BCUT2D eigenvalue weighted by molar-refractivity contribution is 6.14. The van der Waals surface area contributed by atoms with E-state index in [0.29, 0.717) is 28.9 Å². The lowest BCUT2D eigenvalue weighted by Crippen LogP contribution is -3.16. The maximum atomic E-state index is 13.0. The van der Waals surface area contributed by atoms with Crippen molar-refractivity contribution in [3.8, 4) is 5.75 Å². The molecule has 1 aliphatic heterocycles. The number of hydrogen-bond donors (Lipinski definition) is 2. The van der Waals surface area contributed by atoms with Crippen LogP contribution in [-0.4, -0.2) is 62.0 Å². The number of hydrogen-bond acceptors (Lipinski definition) is 5. The number of aryl methyl sites for hydroxylation is 1. The molecule has 0 radical (unpaired) electrons. The van der Waals surface area contributed by atoms with Gasteiger partial charge in [0.25, 0.3) is 5.91 Å². The summed E-state index contributed by atoms with van der Waals surface area (Å²) in [4.78, 5) is 26.8. The summed E-state index contributed by atoms with van der Waals surface area (Å²) >= 11 is 0. The van der Waals surface area contributed by atoms with Gasteiger partial charge in [0, 0.05) is 18.1 Å². The Morgan fingerprint density at radius 2 is 1.93 bits per heavy atom. The zero-order chi connectivity index (χ0) is 22.0. The number of ether oxygens (including phenoxy) is 3. The van der Waals surface area contributed by atoms with E-state index in [1.807, 2.05) is 38.5 Å². The minimum Gasteiger partial charge on any atom is -0.495 e. The third-order valence-electron chi connectivity index (χ3n) is 5.61. The highest BCUT2D eigenvalue weighted by Crippen LogP contribution is 2.38. The number of nitrogens with one attached hydrogen (secondary N) is 2. The van der Waals surface area contributed by atoms with Crippen LogP contribution in [0.2, 0.25) is 0 Å². The number of amides is 1. The molecule has 1 unspecified atom stereocenters. The third kappa shape index (κ3) is 4.29. The van der Waals surface area contributed by atoms with Gasteiger partial charge in [-0.2, -0.15) is 0 Å². The zero-order valence-corrected chi connectivity index (χ0v) is 18.6. The Hall–Kier alpha value is -2.58. The largest absolute Gasteiger partial charge is 0.495 e. The number of methoxy groups -OCH3 is 1. The molecule has 0 saturated carbocycles. The van der Waals surface area contributed by atoms with Gasteiger partial charge in [-0.25, -0.2) is 4.79 Å². The Bertz CT molecular complexity index is 942. The van der Waals surface area contributed by atoms with Gasteiger partial charge in [0.05, 0.1) is 30.5 Å². The second-order valence-corrected chi connectivity index (χ2v) is 7.92. The lowest BCUT2D eigenvalue weighted by molar-refractivity contribution is -0.907. The SMILES string of the molecule is CCOC(=O)c1c(C)n(C)c2ccc(OC)c(NC(=O)C[NH+]3C[C@@H](C)O[C@@H](C)C3)c12. The van der Waals surface area contributed by atoms with Crippen LogP contribution in [0, 0.1) is 6.92 Å². The molecule has 8 heteroatoms. The maximum absolute atomic E-state index is 13.0. The van der Waals surface area contributed by atoms with Gasteiger partial charge in [-0.3, -0.25) is 4.79 Å². The first-order valence-electron chi connectivity index (χ1n) is 10.4. The van der Waals surface area contributed by atoms with Gasteiger partial charge < -0.3 is 29.0 Å². The van der Waals surface area contributed by atoms with E-state index in [2.05, 4.69) is 5.32 Å². The highest BCUT2D eigenvalue weighted by atomic mass is 16.5. The zero-order valence-electron chi connectivity index (χ0n) is 18.6. The molecule has 1 saturated heterocycles. The van der Waals surface area contributed by atoms with E-state index in [1.165, 1.54) is 4.90 Å². The normalized spacial score (nSPS) is 21.5. The molecule has 3 atom stereocenters. The van der Waals surface area contributed by atoms with Crippen molar-refractivity contribution in [3.05, 3.63) is 23.4 Å². The topological polar surface area (TPSA) is 83.2 Å². The van der Waals surface area contributed by atoms with E-state index in [-0.39, 0.29) is 24.7 Å². The van der Waals surface area contributed by atoms with E-state index >= 15 is 0 Å². The fourth-order valence-corrected chi connectivity index (χ4v) is 4.33. The minimum atomic E-state index is -0.411. The van der Waals surface area contributed by atoms with E-state index in [9.17, 15) is 9.59 Å². The maximum Gasteiger partial charge on any atom is 0.340 e. The summed E-state index contributed by atoms with van der Waals surface area (Å²) < 4.78 is 18.5. The van der Waals surface area contributed by atoms with Crippen molar-refractivity contribution >= 4 is 28.5 Å². The summed E-state index contributed by atoms with van der Waals surface area (Å²) in [7, 11) is 3.44. The molecule has 0 spiro atoms. The number of aromatic nitrogens is 1. The van der Waals surface area contributed by atoms with Gasteiger partial charge in [-0.1, -0.05) is 0 Å². The Morgan fingerprint density at radius 3 is 2.53 bits per heavy atom. The van der Waals surface area contributed by atoms with Crippen molar-refractivity contribution in [1.82, 2.24) is 4.57 Å². The van der Waals surface area contributed by atoms with Gasteiger partial charge in [0.15, 0.2) is 6.54 Å². The molecule has 2 N–H and O–H groups in total. The molecule has 1 aromatic carbocycles. The van der Waals surface area contributed by atoms with Crippen LogP contribution in [0.1, 0.15) is 36.8 Å². The summed E-state index contributed by atoms with van der Waals surface area (Å²) in [5, 5.41) is 3.65. The first-order chi connectivity index (χ1) is 14.3. The average Bonchev–Trinajstić information content (AvgIpc) is 2.92. The van der Waals surface area contributed by atoms with Crippen molar-refractivity contribution in [2.45, 2.75) is 39.9 Å². The average molecular weight is 419 g/mol. The second kappa shape index (κ2) is 9.06. The number of anilines is 1. The molecule has 1 fully saturated rings. The van der Waals surface area contributed by atoms with Gasteiger partial charge in [0.2, 0.25) is 0 Å². The van der Waals surface area contributed by atoms with Crippen molar-refractivity contribution in [1.29, 1.82) is 0 Å². The predicted octanol–water partition coefficient (Wildman–Crippen LogP) is 1.30. The quantitative estimate of drug-likeness (QED) is 0.691. The second-order valence-electron chi connectivity index (χ2n) is 7.92. The van der Waals surface area contributed by atoms with Gasteiger partial charge in [-0.05, 0) is 39.8 Å². The molecule has 1 aliphatic rings.